The van der Waals surface area contributed by atoms with E-state index in [4.69, 9.17) is 17.3 Å². The van der Waals surface area contributed by atoms with E-state index in [0.29, 0.717) is 29.5 Å². The maximum absolute atomic E-state index is 13.5. The summed E-state index contributed by atoms with van der Waals surface area (Å²) in [4.78, 5) is 23.2. The predicted molar refractivity (Wildman–Crippen MR) is 120 cm³/mol. The van der Waals surface area contributed by atoms with Crippen molar-refractivity contribution in [1.29, 1.82) is 0 Å². The lowest BCUT2D eigenvalue weighted by Gasteiger charge is -2.42. The van der Waals surface area contributed by atoms with Gasteiger partial charge in [0.05, 0.1) is 22.9 Å². The highest BCUT2D eigenvalue weighted by Crippen LogP contribution is 2.39. The topological polar surface area (TPSA) is 128 Å². The van der Waals surface area contributed by atoms with E-state index in [-0.39, 0.29) is 27.7 Å². The van der Waals surface area contributed by atoms with Crippen LogP contribution in [0.2, 0.25) is 5.02 Å². The molecule has 164 valence electrons. The highest BCUT2D eigenvalue weighted by atomic mass is 35.5. The number of halogens is 1. The smallest absolute Gasteiger partial charge is 0.284 e. The Morgan fingerprint density at radius 1 is 1.19 bits per heavy atom. The van der Waals surface area contributed by atoms with E-state index >= 15 is 0 Å². The Morgan fingerprint density at radius 2 is 1.94 bits per heavy atom. The lowest BCUT2D eigenvalue weighted by Crippen LogP contribution is -2.45. The summed E-state index contributed by atoms with van der Waals surface area (Å²) >= 11 is 6.25. The molecule has 0 bridgehead atoms. The zero-order valence-corrected chi connectivity index (χ0v) is 18.5. The minimum atomic E-state index is -3.61. The van der Waals surface area contributed by atoms with Gasteiger partial charge in [-0.2, -0.15) is 10.1 Å². The van der Waals surface area contributed by atoms with Crippen molar-refractivity contribution < 1.29 is 8.42 Å². The van der Waals surface area contributed by atoms with E-state index in [9.17, 15) is 13.2 Å². The molecule has 1 aromatic carbocycles. The Bertz CT molecular complexity index is 1520. The second-order valence-corrected chi connectivity index (χ2v) is 9.87. The molecule has 0 spiro atoms. The third-order valence-electron chi connectivity index (χ3n) is 5.42. The second kappa shape index (κ2) is 7.31. The van der Waals surface area contributed by atoms with Gasteiger partial charge in [-0.3, -0.25) is 9.36 Å². The number of nitrogens with two attached hydrogens (primary N) is 1. The Balaban J connectivity index is 1.73. The molecule has 5 rings (SSSR count). The Labute approximate surface area is 187 Å². The fourth-order valence-electron chi connectivity index (χ4n) is 3.84. The number of benzene rings is 1. The number of sulfone groups is 1. The number of fused-ring (bicyclic) bond motifs is 1. The first-order chi connectivity index (χ1) is 15.3. The molecule has 1 fully saturated rings. The molecule has 0 aliphatic carbocycles. The summed E-state index contributed by atoms with van der Waals surface area (Å²) < 4.78 is 27.6. The van der Waals surface area contributed by atoms with Crippen LogP contribution in [0.15, 0.2) is 58.5 Å². The zero-order valence-electron chi connectivity index (χ0n) is 16.9. The van der Waals surface area contributed by atoms with Crippen molar-refractivity contribution in [3.05, 3.63) is 70.0 Å². The van der Waals surface area contributed by atoms with Crippen molar-refractivity contribution in [2.45, 2.75) is 17.4 Å². The van der Waals surface area contributed by atoms with E-state index in [1.165, 1.54) is 15.3 Å². The number of hydrogen-bond donors (Lipinski definition) is 1. The van der Waals surface area contributed by atoms with Crippen molar-refractivity contribution in [3.8, 4) is 5.69 Å². The van der Waals surface area contributed by atoms with Crippen molar-refractivity contribution in [1.82, 2.24) is 24.1 Å². The number of aromatic nitrogens is 5. The van der Waals surface area contributed by atoms with Gasteiger partial charge in [0, 0.05) is 19.0 Å². The number of rotatable bonds is 4. The van der Waals surface area contributed by atoms with Crippen LogP contribution in [0.4, 0.5) is 11.8 Å². The molecule has 0 radical (unpaired) electrons. The fraction of sp³-hybridized carbons (Fsp3) is 0.200. The molecule has 1 aliphatic rings. The third kappa shape index (κ3) is 3.21. The summed E-state index contributed by atoms with van der Waals surface area (Å²) in [6, 6.07) is 10.3. The molecule has 2 N–H and O–H groups in total. The molecule has 4 heterocycles. The van der Waals surface area contributed by atoms with E-state index in [0.717, 1.165) is 6.26 Å². The van der Waals surface area contributed by atoms with Crippen LogP contribution < -0.4 is 16.2 Å². The van der Waals surface area contributed by atoms with Gasteiger partial charge >= 0.3 is 0 Å². The van der Waals surface area contributed by atoms with Gasteiger partial charge in [-0.1, -0.05) is 29.8 Å². The average Bonchev–Trinajstić information content (AvgIpc) is 3.08. The number of hydrogen-bond acceptors (Lipinski definition) is 8. The number of nitrogen functional groups attached to an aromatic ring is 1. The minimum Gasteiger partial charge on any atom is -0.368 e. The molecule has 1 saturated heterocycles. The molecule has 1 atom stereocenters. The van der Waals surface area contributed by atoms with Gasteiger partial charge in [-0.05, 0) is 24.6 Å². The molecule has 0 saturated carbocycles. The summed E-state index contributed by atoms with van der Waals surface area (Å²) in [5, 5.41) is 4.97. The quantitative estimate of drug-likeness (QED) is 0.477. The Kier molecular flexibility index (Phi) is 4.68. The first kappa shape index (κ1) is 20.5. The van der Waals surface area contributed by atoms with Crippen LogP contribution in [0.1, 0.15) is 18.3 Å². The average molecular weight is 472 g/mol. The number of anilines is 2. The minimum absolute atomic E-state index is 0.0323. The van der Waals surface area contributed by atoms with Crippen LogP contribution in [0.5, 0.6) is 0 Å². The molecule has 12 heteroatoms. The zero-order chi connectivity index (χ0) is 22.6. The fourth-order valence-corrected chi connectivity index (χ4v) is 4.80. The molecule has 4 aromatic rings. The van der Waals surface area contributed by atoms with Gasteiger partial charge in [-0.15, -0.1) is 0 Å². The summed E-state index contributed by atoms with van der Waals surface area (Å²) in [6.45, 7) is 0.513. The number of para-hydroxylation sites is 1. The van der Waals surface area contributed by atoms with E-state index in [1.807, 2.05) is 18.2 Å². The summed E-state index contributed by atoms with van der Waals surface area (Å²) in [5.41, 5.74) is 6.32. The first-order valence-electron chi connectivity index (χ1n) is 9.70. The van der Waals surface area contributed by atoms with Crippen LogP contribution in [-0.4, -0.2) is 45.4 Å². The van der Waals surface area contributed by atoms with Crippen molar-refractivity contribution in [2.75, 3.05) is 23.4 Å². The van der Waals surface area contributed by atoms with Crippen molar-refractivity contribution in [3.63, 3.8) is 0 Å². The van der Waals surface area contributed by atoms with Crippen molar-refractivity contribution >= 4 is 38.7 Å². The molecular weight excluding hydrogens is 454 g/mol. The van der Waals surface area contributed by atoms with Crippen LogP contribution in [0.25, 0.3) is 11.2 Å². The molecule has 10 nitrogen and oxygen atoms in total. The largest absolute Gasteiger partial charge is 0.368 e. The predicted octanol–water partition coefficient (Wildman–Crippen LogP) is 1.87. The monoisotopic (exact) mass is 471 g/mol. The van der Waals surface area contributed by atoms with Crippen LogP contribution in [0, 0.1) is 0 Å². The Hall–Kier alpha value is -3.44. The van der Waals surface area contributed by atoms with Gasteiger partial charge in [0.15, 0.2) is 21.5 Å². The molecular formula is C20H18ClN7O3S. The summed E-state index contributed by atoms with van der Waals surface area (Å²) in [6.07, 6.45) is 4.54. The molecule has 32 heavy (non-hydrogen) atoms. The standard InChI is InChI=1S/C20H18ClN7O3S/c1-32(30,31)15-11-23-20(22)24-18(15)26-9-8-14(26)17-25-27-10-7-13(21)16(27)19(29)28(17)12-5-3-2-4-6-12/h2-7,10-11,14H,8-9H2,1H3,(H2,22,23,24)/t14-/m0/s1. The van der Waals surface area contributed by atoms with Crippen LogP contribution >= 0.6 is 11.6 Å². The van der Waals surface area contributed by atoms with Gasteiger partial charge in [0.2, 0.25) is 5.95 Å². The van der Waals surface area contributed by atoms with Gasteiger partial charge in [0.1, 0.15) is 10.4 Å². The molecule has 1 aliphatic heterocycles. The van der Waals surface area contributed by atoms with Gasteiger partial charge < -0.3 is 10.6 Å². The first-order valence-corrected chi connectivity index (χ1v) is 12.0. The van der Waals surface area contributed by atoms with Crippen LogP contribution in [-0.2, 0) is 9.84 Å². The SMILES string of the molecule is CS(=O)(=O)c1cnc(N)nc1N1CC[C@H]1c1nn2ccc(Cl)c2c(=O)n1-c1ccccc1. The lowest BCUT2D eigenvalue weighted by molar-refractivity contribution is 0.420. The maximum atomic E-state index is 13.5. The molecule has 0 amide bonds. The van der Waals surface area contributed by atoms with E-state index < -0.39 is 15.9 Å². The van der Waals surface area contributed by atoms with E-state index in [1.54, 1.807) is 29.3 Å². The Morgan fingerprint density at radius 3 is 2.59 bits per heavy atom. The summed E-state index contributed by atoms with van der Waals surface area (Å²) in [5.74, 6) is 0.582. The van der Waals surface area contributed by atoms with Crippen LogP contribution in [0.3, 0.4) is 0 Å². The lowest BCUT2D eigenvalue weighted by atomic mass is 10.0. The third-order valence-corrected chi connectivity index (χ3v) is 6.81. The normalized spacial score (nSPS) is 16.3. The maximum Gasteiger partial charge on any atom is 0.284 e. The highest BCUT2D eigenvalue weighted by Gasteiger charge is 2.38. The summed E-state index contributed by atoms with van der Waals surface area (Å²) in [7, 11) is -3.61. The molecule has 3 aromatic heterocycles. The highest BCUT2D eigenvalue weighted by molar-refractivity contribution is 7.90. The van der Waals surface area contributed by atoms with Gasteiger partial charge in [-0.25, -0.2) is 17.9 Å². The van der Waals surface area contributed by atoms with Crippen molar-refractivity contribution in [2.24, 2.45) is 0 Å². The van der Waals surface area contributed by atoms with Gasteiger partial charge in [0.25, 0.3) is 5.56 Å². The second-order valence-electron chi connectivity index (χ2n) is 7.48. The van der Waals surface area contributed by atoms with E-state index in [2.05, 4.69) is 15.1 Å². The number of nitrogens with zero attached hydrogens (tertiary/aromatic N) is 6. The molecule has 0 unspecified atom stereocenters.